The van der Waals surface area contributed by atoms with E-state index in [1.807, 2.05) is 24.0 Å². The Balaban J connectivity index is 1.88. The highest BCUT2D eigenvalue weighted by Crippen LogP contribution is 2.34. The lowest BCUT2D eigenvalue weighted by atomic mass is 9.96. The average Bonchev–Trinajstić information content (AvgIpc) is 3.09. The monoisotopic (exact) mass is 282 g/mol. The quantitative estimate of drug-likeness (QED) is 0.757. The molecule has 0 spiro atoms. The Kier molecular flexibility index (Phi) is 2.75. The molecular weight excluding hydrogens is 264 g/mol. The number of methoxy groups -OCH3 is 1. The zero-order chi connectivity index (χ0) is 14.4. The molecule has 1 atom stereocenters. The highest BCUT2D eigenvalue weighted by molar-refractivity contribution is 5.86. The molecule has 1 aliphatic rings. The number of benzene rings is 1. The van der Waals surface area contributed by atoms with E-state index in [0.29, 0.717) is 0 Å². The fraction of sp³-hybridized carbons (Fsp3) is 0.312. The van der Waals surface area contributed by atoms with Gasteiger partial charge in [-0.1, -0.05) is 0 Å². The molecule has 0 saturated carbocycles. The topological polar surface area (TPSA) is 54.9 Å². The third-order valence-corrected chi connectivity index (χ3v) is 4.22. The van der Waals surface area contributed by atoms with Crippen LogP contribution in [0.2, 0.25) is 0 Å². The van der Waals surface area contributed by atoms with Crippen LogP contribution in [0, 0.1) is 0 Å². The van der Waals surface area contributed by atoms with E-state index >= 15 is 0 Å². The number of hydrogen-bond acceptors (Lipinski definition) is 3. The molecule has 1 unspecified atom stereocenters. The van der Waals surface area contributed by atoms with Crippen LogP contribution in [-0.2, 0) is 13.5 Å². The molecule has 4 rings (SSSR count). The normalized spacial score (nSPS) is 17.9. The standard InChI is InChI=1S/C16H18N4O/c1-20-9-10(8-18-20)15-16-12(5-6-17-15)13-7-11(21-2)3-4-14(13)19-16/h3-4,7-9,15,17,19H,5-6H2,1-2H3. The number of aromatic amines is 1. The zero-order valence-electron chi connectivity index (χ0n) is 12.2. The van der Waals surface area contributed by atoms with Crippen LogP contribution in [0.5, 0.6) is 5.75 Å². The molecule has 0 fully saturated rings. The van der Waals surface area contributed by atoms with E-state index in [1.54, 1.807) is 7.11 Å². The third-order valence-electron chi connectivity index (χ3n) is 4.22. The molecule has 1 aromatic carbocycles. The third kappa shape index (κ3) is 1.93. The predicted molar refractivity (Wildman–Crippen MR) is 81.6 cm³/mol. The Morgan fingerprint density at radius 2 is 2.29 bits per heavy atom. The maximum atomic E-state index is 5.35. The van der Waals surface area contributed by atoms with Crippen molar-refractivity contribution < 1.29 is 4.74 Å². The average molecular weight is 282 g/mol. The van der Waals surface area contributed by atoms with Gasteiger partial charge in [0.15, 0.2) is 0 Å². The van der Waals surface area contributed by atoms with Crippen LogP contribution in [0.15, 0.2) is 30.6 Å². The summed E-state index contributed by atoms with van der Waals surface area (Å²) in [7, 11) is 3.66. The predicted octanol–water partition coefficient (Wildman–Crippen LogP) is 2.15. The van der Waals surface area contributed by atoms with Gasteiger partial charge in [-0.15, -0.1) is 0 Å². The fourth-order valence-corrected chi connectivity index (χ4v) is 3.21. The SMILES string of the molecule is COc1ccc2[nH]c3c(c2c1)CCNC3c1cnn(C)c1. The largest absolute Gasteiger partial charge is 0.497 e. The van der Waals surface area contributed by atoms with Gasteiger partial charge in [-0.05, 0) is 30.2 Å². The number of hydrogen-bond donors (Lipinski definition) is 2. The van der Waals surface area contributed by atoms with Crippen LogP contribution in [0.4, 0.5) is 0 Å². The summed E-state index contributed by atoms with van der Waals surface area (Å²) >= 11 is 0. The van der Waals surface area contributed by atoms with Gasteiger partial charge in [0.2, 0.25) is 0 Å². The number of H-pyrrole nitrogens is 1. The molecule has 1 aliphatic heterocycles. The molecule has 0 bridgehead atoms. The minimum absolute atomic E-state index is 0.181. The second kappa shape index (κ2) is 4.63. The van der Waals surface area contributed by atoms with Crippen LogP contribution in [0.3, 0.4) is 0 Å². The summed E-state index contributed by atoms with van der Waals surface area (Å²) in [5, 5.41) is 9.13. The Hall–Kier alpha value is -2.27. The van der Waals surface area contributed by atoms with Crippen molar-refractivity contribution >= 4 is 10.9 Å². The van der Waals surface area contributed by atoms with Gasteiger partial charge in [-0.2, -0.15) is 5.10 Å². The Morgan fingerprint density at radius 3 is 3.05 bits per heavy atom. The maximum absolute atomic E-state index is 5.35. The van der Waals surface area contributed by atoms with Gasteiger partial charge in [0, 0.05) is 41.9 Å². The minimum Gasteiger partial charge on any atom is -0.497 e. The number of rotatable bonds is 2. The molecule has 2 N–H and O–H groups in total. The summed E-state index contributed by atoms with van der Waals surface area (Å²) in [5.41, 5.74) is 4.99. The molecule has 0 saturated heterocycles. The molecule has 108 valence electrons. The number of nitrogens with one attached hydrogen (secondary N) is 2. The Labute approximate surface area is 122 Å². The first-order valence-corrected chi connectivity index (χ1v) is 7.16. The van der Waals surface area contributed by atoms with Crippen molar-refractivity contribution in [1.82, 2.24) is 20.1 Å². The van der Waals surface area contributed by atoms with Crippen molar-refractivity contribution in [2.75, 3.05) is 13.7 Å². The minimum atomic E-state index is 0.181. The van der Waals surface area contributed by atoms with E-state index in [4.69, 9.17) is 4.74 Å². The van der Waals surface area contributed by atoms with Crippen molar-refractivity contribution in [3.05, 3.63) is 47.4 Å². The van der Waals surface area contributed by atoms with E-state index in [1.165, 1.54) is 27.7 Å². The van der Waals surface area contributed by atoms with Gasteiger partial charge in [-0.3, -0.25) is 4.68 Å². The molecule has 3 aromatic rings. The lowest BCUT2D eigenvalue weighted by Gasteiger charge is -2.23. The van der Waals surface area contributed by atoms with Crippen molar-refractivity contribution in [1.29, 1.82) is 0 Å². The van der Waals surface area contributed by atoms with Crippen molar-refractivity contribution in [2.45, 2.75) is 12.5 Å². The molecule has 0 aliphatic carbocycles. The first kappa shape index (κ1) is 12.5. The first-order valence-electron chi connectivity index (χ1n) is 7.16. The number of ether oxygens (including phenoxy) is 1. The summed E-state index contributed by atoms with van der Waals surface area (Å²) in [6, 6.07) is 6.39. The van der Waals surface area contributed by atoms with Crippen LogP contribution in [0.25, 0.3) is 10.9 Å². The number of aromatic nitrogens is 3. The molecule has 0 amide bonds. The summed E-state index contributed by atoms with van der Waals surface area (Å²) in [6.45, 7) is 0.969. The van der Waals surface area contributed by atoms with Crippen LogP contribution in [0.1, 0.15) is 22.9 Å². The Morgan fingerprint density at radius 1 is 1.38 bits per heavy atom. The molecule has 2 aromatic heterocycles. The van der Waals surface area contributed by atoms with E-state index in [-0.39, 0.29) is 6.04 Å². The van der Waals surface area contributed by atoms with Gasteiger partial charge in [-0.25, -0.2) is 0 Å². The summed E-state index contributed by atoms with van der Waals surface area (Å²) < 4.78 is 7.20. The molecular formula is C16H18N4O. The van der Waals surface area contributed by atoms with E-state index in [2.05, 4.69) is 33.7 Å². The smallest absolute Gasteiger partial charge is 0.119 e. The molecule has 3 heterocycles. The van der Waals surface area contributed by atoms with Gasteiger partial charge in [0.05, 0.1) is 19.3 Å². The van der Waals surface area contributed by atoms with E-state index in [0.717, 1.165) is 18.7 Å². The number of aryl methyl sites for hydroxylation is 1. The Bertz CT molecular complexity index is 802. The first-order chi connectivity index (χ1) is 10.3. The summed E-state index contributed by atoms with van der Waals surface area (Å²) in [5.74, 6) is 0.903. The van der Waals surface area contributed by atoms with Crippen molar-refractivity contribution in [2.24, 2.45) is 7.05 Å². The van der Waals surface area contributed by atoms with E-state index < -0.39 is 0 Å². The summed E-state index contributed by atoms with van der Waals surface area (Å²) in [4.78, 5) is 3.57. The maximum Gasteiger partial charge on any atom is 0.119 e. The van der Waals surface area contributed by atoms with Crippen molar-refractivity contribution in [3.63, 3.8) is 0 Å². The van der Waals surface area contributed by atoms with Gasteiger partial charge in [0.25, 0.3) is 0 Å². The van der Waals surface area contributed by atoms with Gasteiger partial charge >= 0.3 is 0 Å². The van der Waals surface area contributed by atoms with E-state index in [9.17, 15) is 0 Å². The molecule has 5 heteroatoms. The fourth-order valence-electron chi connectivity index (χ4n) is 3.21. The molecule has 21 heavy (non-hydrogen) atoms. The van der Waals surface area contributed by atoms with Crippen LogP contribution in [-0.4, -0.2) is 28.4 Å². The molecule has 5 nitrogen and oxygen atoms in total. The van der Waals surface area contributed by atoms with Crippen molar-refractivity contribution in [3.8, 4) is 5.75 Å². The van der Waals surface area contributed by atoms with Gasteiger partial charge in [0.1, 0.15) is 5.75 Å². The second-order valence-electron chi connectivity index (χ2n) is 5.51. The lowest BCUT2D eigenvalue weighted by molar-refractivity contribution is 0.415. The summed E-state index contributed by atoms with van der Waals surface area (Å²) in [6.07, 6.45) is 5.02. The highest BCUT2D eigenvalue weighted by Gasteiger charge is 2.26. The molecule has 0 radical (unpaired) electrons. The van der Waals surface area contributed by atoms with Crippen LogP contribution >= 0.6 is 0 Å². The van der Waals surface area contributed by atoms with Gasteiger partial charge < -0.3 is 15.0 Å². The lowest BCUT2D eigenvalue weighted by Crippen LogP contribution is -2.30. The number of nitrogens with zero attached hydrogens (tertiary/aromatic N) is 2. The van der Waals surface area contributed by atoms with Crippen LogP contribution < -0.4 is 10.1 Å². The zero-order valence-corrected chi connectivity index (χ0v) is 12.2. The highest BCUT2D eigenvalue weighted by atomic mass is 16.5. The second-order valence-corrected chi connectivity index (χ2v) is 5.51. The number of fused-ring (bicyclic) bond motifs is 3.